The molecule has 0 aliphatic heterocycles. The number of aromatic carboxylic acids is 2. The van der Waals surface area contributed by atoms with Gasteiger partial charge in [0.1, 0.15) is 56.1 Å². The minimum absolute atomic E-state index is 0.156. The van der Waals surface area contributed by atoms with Gasteiger partial charge in [0, 0.05) is 12.1 Å². The van der Waals surface area contributed by atoms with E-state index in [1.165, 1.54) is 0 Å². The van der Waals surface area contributed by atoms with Crippen LogP contribution in [0.1, 0.15) is 20.7 Å². The summed E-state index contributed by atoms with van der Waals surface area (Å²) >= 11 is 0. The summed E-state index contributed by atoms with van der Waals surface area (Å²) in [5, 5.41) is 83.3. The number of benzene rings is 4. The summed E-state index contributed by atoms with van der Waals surface area (Å²) in [6.45, 7) is 0. The summed E-state index contributed by atoms with van der Waals surface area (Å²) in [4.78, 5) is 39.9. The average molecular weight is 542 g/mol. The molecule has 8 N–H and O–H groups in total. The standard InChI is InChI=1S/C26H14N4O10/c31-11-3-1-7(25(37)38)17-21(11)27-9-5-13(33)15(23(35)19(9)29-17)16-14(34)6-10-20(24(16)36)30-18-8(26(39)40)2-4-12(32)22(18)28-10/h1-6,31-36H,(H,37,38)(H,39,40). The molecule has 0 bridgehead atoms. The Morgan fingerprint density at radius 1 is 0.475 bits per heavy atom. The van der Waals surface area contributed by atoms with Crippen LogP contribution in [0.2, 0.25) is 0 Å². The minimum atomic E-state index is -1.39. The number of nitrogens with zero attached hydrogens (tertiary/aromatic N) is 4. The molecule has 6 rings (SSSR count). The van der Waals surface area contributed by atoms with Gasteiger partial charge >= 0.3 is 11.9 Å². The summed E-state index contributed by atoms with van der Waals surface area (Å²) in [5.41, 5.74) is -3.73. The molecule has 2 heterocycles. The van der Waals surface area contributed by atoms with E-state index in [1.54, 1.807) is 0 Å². The van der Waals surface area contributed by atoms with Crippen LogP contribution in [0.25, 0.3) is 55.3 Å². The summed E-state index contributed by atoms with van der Waals surface area (Å²) < 4.78 is 0. The number of fused-ring (bicyclic) bond motifs is 4. The Hall–Kier alpha value is -6.18. The SMILES string of the molecule is O=C(O)c1ccc(O)c2nc3cc(O)c(-c4c(O)cc5nc6c(O)ccc(C(=O)O)c6nc5c4O)c(O)c3nc12. The molecule has 0 amide bonds. The second-order valence-corrected chi connectivity index (χ2v) is 8.69. The molecule has 4 aromatic carbocycles. The Balaban J connectivity index is 1.70. The maximum Gasteiger partial charge on any atom is 0.337 e. The fourth-order valence-corrected chi connectivity index (χ4v) is 4.54. The van der Waals surface area contributed by atoms with E-state index in [9.17, 15) is 50.4 Å². The van der Waals surface area contributed by atoms with Gasteiger partial charge in [-0.05, 0) is 24.3 Å². The molecular formula is C26H14N4O10. The monoisotopic (exact) mass is 542 g/mol. The van der Waals surface area contributed by atoms with Crippen LogP contribution < -0.4 is 0 Å². The number of phenols is 6. The molecule has 0 aliphatic carbocycles. The van der Waals surface area contributed by atoms with Gasteiger partial charge in [-0.1, -0.05) is 0 Å². The van der Waals surface area contributed by atoms with Crippen LogP contribution in [-0.4, -0.2) is 72.7 Å². The van der Waals surface area contributed by atoms with Crippen LogP contribution in [0.4, 0.5) is 0 Å². The van der Waals surface area contributed by atoms with Crippen LogP contribution in [0.3, 0.4) is 0 Å². The highest BCUT2D eigenvalue weighted by Crippen LogP contribution is 2.51. The minimum Gasteiger partial charge on any atom is -0.507 e. The zero-order valence-corrected chi connectivity index (χ0v) is 19.6. The van der Waals surface area contributed by atoms with Crippen molar-refractivity contribution in [1.29, 1.82) is 0 Å². The number of hydrogen-bond acceptors (Lipinski definition) is 12. The molecule has 0 radical (unpaired) electrons. The van der Waals surface area contributed by atoms with E-state index in [2.05, 4.69) is 19.9 Å². The molecule has 14 nitrogen and oxygen atoms in total. The number of carbonyl (C=O) groups is 2. The second kappa shape index (κ2) is 8.16. The molecule has 14 heteroatoms. The number of rotatable bonds is 3. The maximum atomic E-state index is 11.7. The van der Waals surface area contributed by atoms with Crippen LogP contribution in [0.15, 0.2) is 36.4 Å². The summed E-state index contributed by atoms with van der Waals surface area (Å²) in [6, 6.07) is 6.41. The molecule has 40 heavy (non-hydrogen) atoms. The van der Waals surface area contributed by atoms with Gasteiger partial charge in [-0.15, -0.1) is 0 Å². The zero-order chi connectivity index (χ0) is 28.6. The lowest BCUT2D eigenvalue weighted by molar-refractivity contribution is 0.0688. The van der Waals surface area contributed by atoms with Crippen molar-refractivity contribution in [2.45, 2.75) is 0 Å². The number of carboxylic acid groups (broad SMARTS) is 2. The molecule has 0 saturated heterocycles. The number of carboxylic acids is 2. The van der Waals surface area contributed by atoms with Gasteiger partial charge in [-0.2, -0.15) is 0 Å². The van der Waals surface area contributed by atoms with E-state index < -0.39 is 57.6 Å². The lowest BCUT2D eigenvalue weighted by atomic mass is 9.98. The van der Waals surface area contributed by atoms with E-state index >= 15 is 0 Å². The van der Waals surface area contributed by atoms with Crippen LogP contribution in [0, 0.1) is 0 Å². The Labute approximate surface area is 220 Å². The summed E-state index contributed by atoms with van der Waals surface area (Å²) in [5.74, 6) is -6.61. The van der Waals surface area contributed by atoms with E-state index in [1.807, 2.05) is 0 Å². The first-order chi connectivity index (χ1) is 19.0. The van der Waals surface area contributed by atoms with Crippen molar-refractivity contribution < 1.29 is 50.4 Å². The summed E-state index contributed by atoms with van der Waals surface area (Å²) in [6.07, 6.45) is 0. The van der Waals surface area contributed by atoms with Crippen molar-refractivity contribution in [3.63, 3.8) is 0 Å². The Morgan fingerprint density at radius 3 is 1.20 bits per heavy atom. The van der Waals surface area contributed by atoms with E-state index in [-0.39, 0.29) is 55.3 Å². The van der Waals surface area contributed by atoms with Gasteiger partial charge in [0.05, 0.1) is 33.3 Å². The molecule has 2 aromatic heterocycles. The van der Waals surface area contributed by atoms with Gasteiger partial charge < -0.3 is 40.9 Å². The quantitative estimate of drug-likeness (QED) is 0.150. The highest BCUT2D eigenvalue weighted by atomic mass is 16.4. The highest BCUT2D eigenvalue weighted by Gasteiger charge is 2.27. The number of hydrogen-bond donors (Lipinski definition) is 8. The molecule has 0 fully saturated rings. The topological polar surface area (TPSA) is 248 Å². The molecule has 6 aromatic rings. The second-order valence-electron chi connectivity index (χ2n) is 8.69. The number of aromatic nitrogens is 4. The van der Waals surface area contributed by atoms with Crippen molar-refractivity contribution in [3.05, 3.63) is 47.5 Å². The lowest BCUT2D eigenvalue weighted by Gasteiger charge is -2.15. The zero-order valence-electron chi connectivity index (χ0n) is 19.6. The highest BCUT2D eigenvalue weighted by molar-refractivity contribution is 6.09. The van der Waals surface area contributed by atoms with E-state index in [0.717, 1.165) is 36.4 Å². The third-order valence-electron chi connectivity index (χ3n) is 6.35. The number of phenolic OH excluding ortho intramolecular Hbond substituents is 6. The molecule has 0 spiro atoms. The molecule has 0 saturated carbocycles. The molecule has 0 atom stereocenters. The van der Waals surface area contributed by atoms with Crippen molar-refractivity contribution in [3.8, 4) is 45.6 Å². The van der Waals surface area contributed by atoms with Crippen molar-refractivity contribution in [2.75, 3.05) is 0 Å². The van der Waals surface area contributed by atoms with Crippen molar-refractivity contribution in [1.82, 2.24) is 19.9 Å². The van der Waals surface area contributed by atoms with Gasteiger partial charge in [0.15, 0.2) is 11.5 Å². The normalized spacial score (nSPS) is 11.5. The number of aromatic hydroxyl groups is 6. The van der Waals surface area contributed by atoms with E-state index in [0.29, 0.717) is 0 Å². The smallest absolute Gasteiger partial charge is 0.337 e. The Morgan fingerprint density at radius 2 is 0.850 bits per heavy atom. The van der Waals surface area contributed by atoms with Crippen LogP contribution in [-0.2, 0) is 0 Å². The fourth-order valence-electron chi connectivity index (χ4n) is 4.54. The van der Waals surface area contributed by atoms with Crippen molar-refractivity contribution >= 4 is 56.1 Å². The predicted octanol–water partition coefficient (Wildman–Crippen LogP) is 3.18. The summed E-state index contributed by atoms with van der Waals surface area (Å²) in [7, 11) is 0. The molecular weight excluding hydrogens is 528 g/mol. The van der Waals surface area contributed by atoms with E-state index in [4.69, 9.17) is 0 Å². The van der Waals surface area contributed by atoms with Crippen LogP contribution >= 0.6 is 0 Å². The average Bonchev–Trinajstić information content (AvgIpc) is 2.89. The largest absolute Gasteiger partial charge is 0.507 e. The van der Waals surface area contributed by atoms with Gasteiger partial charge in [-0.3, -0.25) is 0 Å². The van der Waals surface area contributed by atoms with Gasteiger partial charge in [0.2, 0.25) is 0 Å². The Kier molecular flexibility index (Phi) is 4.93. The first-order valence-corrected chi connectivity index (χ1v) is 11.2. The van der Waals surface area contributed by atoms with Crippen LogP contribution in [0.5, 0.6) is 34.5 Å². The maximum absolute atomic E-state index is 11.7. The lowest BCUT2D eigenvalue weighted by Crippen LogP contribution is -2.01. The fraction of sp³-hybridized carbons (Fsp3) is 0. The first kappa shape index (κ1) is 24.2. The third-order valence-corrected chi connectivity index (χ3v) is 6.35. The Bertz CT molecular complexity index is 1990. The molecule has 198 valence electrons. The molecule has 0 aliphatic rings. The first-order valence-electron chi connectivity index (χ1n) is 11.2. The van der Waals surface area contributed by atoms with Gasteiger partial charge in [0.25, 0.3) is 0 Å². The third kappa shape index (κ3) is 3.29. The van der Waals surface area contributed by atoms with Crippen molar-refractivity contribution in [2.24, 2.45) is 0 Å². The molecule has 0 unspecified atom stereocenters. The van der Waals surface area contributed by atoms with Gasteiger partial charge in [-0.25, -0.2) is 29.5 Å². The predicted molar refractivity (Wildman–Crippen MR) is 137 cm³/mol.